The minimum absolute atomic E-state index is 0.0769. The molecule has 2 aromatic heterocycles. The smallest absolute Gasteiger partial charge is 0.208 e. The van der Waals surface area contributed by atoms with Crippen LogP contribution >= 0.6 is 0 Å². The summed E-state index contributed by atoms with van der Waals surface area (Å²) in [6.45, 7) is 17.4. The average Bonchev–Trinajstić information content (AvgIpc) is 3.08. The molecule has 0 radical (unpaired) electrons. The Morgan fingerprint density at radius 2 is 1.54 bits per heavy atom. The molecule has 0 saturated carbocycles. The molecular formula is C34H36F2N3+. The van der Waals surface area contributed by atoms with E-state index in [1.165, 1.54) is 28.8 Å². The van der Waals surface area contributed by atoms with E-state index in [0.717, 1.165) is 51.9 Å². The second-order valence-corrected chi connectivity index (χ2v) is 12.3. The van der Waals surface area contributed by atoms with Crippen LogP contribution in [0.15, 0.2) is 42.5 Å². The topological polar surface area (TPSA) is 21.2 Å². The Hall–Kier alpha value is -3.60. The van der Waals surface area contributed by atoms with E-state index in [-0.39, 0.29) is 10.8 Å². The number of rotatable bonds is 3. The number of nitrogens with zero attached hydrogens (tertiary/aromatic N) is 3. The Labute approximate surface area is 228 Å². The lowest BCUT2D eigenvalue weighted by molar-refractivity contribution is -0.508. The van der Waals surface area contributed by atoms with Crippen LogP contribution in [0, 0.1) is 32.4 Å². The first kappa shape index (κ1) is 25.7. The number of allylic oxidation sites excluding steroid dienone is 1. The molecular weight excluding hydrogens is 488 g/mol. The summed E-state index contributed by atoms with van der Waals surface area (Å²) < 4.78 is 33.7. The van der Waals surface area contributed by atoms with Crippen molar-refractivity contribution < 1.29 is 13.3 Å². The SMILES string of the molecule is CCC1(CC)C=C[n+]2c3cc(F)c(F)cc3n3c(-c4c(C)cc(C)cc4C)nc4cc(C(C)(C)C)cc1c4c32. The van der Waals surface area contributed by atoms with Crippen LogP contribution in [-0.2, 0) is 10.8 Å². The summed E-state index contributed by atoms with van der Waals surface area (Å²) >= 11 is 0. The van der Waals surface area contributed by atoms with Crippen LogP contribution in [0.25, 0.3) is 45.2 Å². The van der Waals surface area contributed by atoms with Gasteiger partial charge in [0.2, 0.25) is 5.82 Å². The molecule has 200 valence electrons. The molecule has 3 nitrogen and oxygen atoms in total. The van der Waals surface area contributed by atoms with Gasteiger partial charge in [0.05, 0.1) is 17.1 Å². The van der Waals surface area contributed by atoms with Gasteiger partial charge in [0.15, 0.2) is 22.7 Å². The standard InChI is InChI=1S/C34H36F2N3/c1-9-34(10-2)11-12-38-27-17-24(35)25(36)18-28(27)39-31(29-20(4)13-19(3)14-21(29)5)37-26-16-22(33(6,7)8)15-23(34)30(26)32(38)39/h11-18H,9-10H2,1-8H3/q+1. The molecule has 0 spiro atoms. The van der Waals surface area contributed by atoms with E-state index in [1.807, 2.05) is 4.57 Å². The van der Waals surface area contributed by atoms with Crippen molar-refractivity contribution >= 4 is 33.8 Å². The normalized spacial score (nSPS) is 14.7. The van der Waals surface area contributed by atoms with E-state index in [0.29, 0.717) is 11.0 Å². The van der Waals surface area contributed by atoms with Crippen molar-refractivity contribution in [1.29, 1.82) is 0 Å². The van der Waals surface area contributed by atoms with Gasteiger partial charge in [-0.15, -0.1) is 0 Å². The van der Waals surface area contributed by atoms with Gasteiger partial charge in [-0.1, -0.05) is 58.4 Å². The van der Waals surface area contributed by atoms with Crippen LogP contribution in [0.2, 0.25) is 0 Å². The van der Waals surface area contributed by atoms with Crippen LogP contribution in [0.5, 0.6) is 0 Å². The van der Waals surface area contributed by atoms with Gasteiger partial charge >= 0.3 is 5.65 Å². The summed E-state index contributed by atoms with van der Waals surface area (Å²) in [5.41, 5.74) is 9.59. The summed E-state index contributed by atoms with van der Waals surface area (Å²) in [5.74, 6) is -0.972. The fourth-order valence-electron chi connectivity index (χ4n) is 6.65. The van der Waals surface area contributed by atoms with E-state index in [4.69, 9.17) is 4.98 Å². The van der Waals surface area contributed by atoms with Crippen LogP contribution in [-0.4, -0.2) is 9.38 Å². The van der Waals surface area contributed by atoms with Gasteiger partial charge in [-0.3, -0.25) is 0 Å². The van der Waals surface area contributed by atoms with Crippen LogP contribution < -0.4 is 4.57 Å². The number of aromatic nitrogens is 3. The van der Waals surface area contributed by atoms with Crippen molar-refractivity contribution in [2.75, 3.05) is 0 Å². The lowest BCUT2D eigenvalue weighted by Crippen LogP contribution is -2.26. The highest BCUT2D eigenvalue weighted by Gasteiger charge is 2.38. The van der Waals surface area contributed by atoms with E-state index in [2.05, 4.69) is 96.3 Å². The minimum Gasteiger partial charge on any atom is -0.208 e. The molecule has 0 bridgehead atoms. The second kappa shape index (κ2) is 8.45. The molecule has 6 rings (SSSR count). The van der Waals surface area contributed by atoms with E-state index in [9.17, 15) is 8.78 Å². The first-order chi connectivity index (χ1) is 18.4. The first-order valence-electron chi connectivity index (χ1n) is 13.9. The molecule has 0 amide bonds. The fourth-order valence-corrected chi connectivity index (χ4v) is 6.65. The van der Waals surface area contributed by atoms with E-state index < -0.39 is 11.6 Å². The molecule has 0 saturated heterocycles. The number of halogens is 2. The Morgan fingerprint density at radius 3 is 2.15 bits per heavy atom. The zero-order valence-electron chi connectivity index (χ0n) is 24.1. The number of hydrogen-bond donors (Lipinski definition) is 0. The monoisotopic (exact) mass is 524 g/mol. The average molecular weight is 525 g/mol. The largest absolute Gasteiger partial charge is 0.303 e. The van der Waals surface area contributed by atoms with E-state index >= 15 is 0 Å². The highest BCUT2D eigenvalue weighted by molar-refractivity contribution is 6.00. The van der Waals surface area contributed by atoms with Gasteiger partial charge in [-0.2, -0.15) is 8.97 Å². The predicted octanol–water partition coefficient (Wildman–Crippen LogP) is 8.64. The van der Waals surface area contributed by atoms with Crippen LogP contribution in [0.3, 0.4) is 0 Å². The lowest BCUT2D eigenvalue weighted by Gasteiger charge is -2.31. The number of imidazole rings is 1. The molecule has 1 aliphatic heterocycles. The lowest BCUT2D eigenvalue weighted by atomic mass is 9.72. The van der Waals surface area contributed by atoms with Crippen molar-refractivity contribution in [3.05, 3.63) is 81.9 Å². The molecule has 5 heteroatoms. The van der Waals surface area contributed by atoms with Gasteiger partial charge in [0.25, 0.3) is 0 Å². The molecule has 3 heterocycles. The number of benzene rings is 3. The fraction of sp³-hybridized carbons (Fsp3) is 0.353. The molecule has 0 unspecified atom stereocenters. The van der Waals surface area contributed by atoms with Gasteiger partial charge in [-0.25, -0.2) is 13.8 Å². The predicted molar refractivity (Wildman–Crippen MR) is 156 cm³/mol. The molecule has 1 aliphatic rings. The molecule has 0 atom stereocenters. The second-order valence-electron chi connectivity index (χ2n) is 12.3. The summed E-state index contributed by atoms with van der Waals surface area (Å²) in [7, 11) is 0. The third-order valence-electron chi connectivity index (χ3n) is 8.84. The van der Waals surface area contributed by atoms with Crippen molar-refractivity contribution in [2.45, 2.75) is 79.1 Å². The van der Waals surface area contributed by atoms with Crippen molar-refractivity contribution in [3.63, 3.8) is 0 Å². The molecule has 39 heavy (non-hydrogen) atoms. The van der Waals surface area contributed by atoms with Crippen LogP contribution in [0.1, 0.15) is 75.3 Å². The van der Waals surface area contributed by atoms with Crippen molar-refractivity contribution in [1.82, 2.24) is 9.38 Å². The zero-order chi connectivity index (χ0) is 28.0. The van der Waals surface area contributed by atoms with Gasteiger partial charge in [0, 0.05) is 23.1 Å². The highest BCUT2D eigenvalue weighted by atomic mass is 19.2. The summed E-state index contributed by atoms with van der Waals surface area (Å²) in [6.07, 6.45) is 6.16. The summed E-state index contributed by atoms with van der Waals surface area (Å²) in [4.78, 5) is 5.39. The minimum atomic E-state index is -0.863. The molecule has 5 aromatic rings. The number of fused-ring (bicyclic) bond motifs is 3. The summed E-state index contributed by atoms with van der Waals surface area (Å²) in [5, 5.41) is 1.04. The number of hydrogen-bond acceptors (Lipinski definition) is 1. The van der Waals surface area contributed by atoms with Gasteiger partial charge < -0.3 is 0 Å². The third-order valence-corrected chi connectivity index (χ3v) is 8.84. The number of aryl methyl sites for hydroxylation is 3. The summed E-state index contributed by atoms with van der Waals surface area (Å²) in [6, 6.07) is 11.5. The third kappa shape index (κ3) is 3.58. The highest BCUT2D eigenvalue weighted by Crippen LogP contribution is 2.44. The van der Waals surface area contributed by atoms with Gasteiger partial charge in [-0.05, 0) is 73.4 Å². The molecule has 0 fully saturated rings. The molecule has 3 aromatic carbocycles. The molecule has 0 N–H and O–H groups in total. The Balaban J connectivity index is 1.95. The molecule has 0 aliphatic carbocycles. The Kier molecular flexibility index (Phi) is 5.56. The quantitative estimate of drug-likeness (QED) is 0.216. The Bertz CT molecular complexity index is 1840. The van der Waals surface area contributed by atoms with Crippen molar-refractivity contribution in [3.8, 4) is 11.4 Å². The maximum absolute atomic E-state index is 14.8. The van der Waals surface area contributed by atoms with Crippen LogP contribution in [0.4, 0.5) is 8.78 Å². The maximum atomic E-state index is 14.8. The maximum Gasteiger partial charge on any atom is 0.303 e. The first-order valence-corrected chi connectivity index (χ1v) is 13.9. The van der Waals surface area contributed by atoms with Gasteiger partial charge in [0.1, 0.15) is 0 Å². The van der Waals surface area contributed by atoms with Crippen molar-refractivity contribution in [2.24, 2.45) is 0 Å². The van der Waals surface area contributed by atoms with E-state index in [1.54, 1.807) is 0 Å². The Morgan fingerprint density at radius 1 is 0.897 bits per heavy atom. The zero-order valence-corrected chi connectivity index (χ0v) is 24.1.